The van der Waals surface area contributed by atoms with Crippen molar-refractivity contribution in [3.05, 3.63) is 35.2 Å². The van der Waals surface area contributed by atoms with E-state index in [-0.39, 0.29) is 23.6 Å². The Kier molecular flexibility index (Phi) is 5.82. The standard InChI is InChI=1S/C14H17ClN4O2S/c1-8(2)12(16)13-18-19-14(21-13)22-7-11(20)17-10-5-3-4-9(15)6-10/h3-6,8,12H,7,16H2,1-2H3,(H,17,20)/t12-/m0/s1. The number of nitrogens with two attached hydrogens (primary N) is 1. The Balaban J connectivity index is 1.86. The molecule has 1 aromatic carbocycles. The fourth-order valence-corrected chi connectivity index (χ4v) is 2.35. The molecule has 2 aromatic rings. The number of benzene rings is 1. The lowest BCUT2D eigenvalue weighted by Gasteiger charge is -2.09. The van der Waals surface area contributed by atoms with Gasteiger partial charge in [-0.25, -0.2) is 0 Å². The van der Waals surface area contributed by atoms with Gasteiger partial charge in [0, 0.05) is 10.7 Å². The average Bonchev–Trinajstić information content (AvgIpc) is 2.93. The average molecular weight is 341 g/mol. The summed E-state index contributed by atoms with van der Waals surface area (Å²) >= 11 is 7.02. The zero-order valence-electron chi connectivity index (χ0n) is 12.2. The van der Waals surface area contributed by atoms with E-state index < -0.39 is 0 Å². The van der Waals surface area contributed by atoms with Crippen LogP contribution in [0.2, 0.25) is 5.02 Å². The van der Waals surface area contributed by atoms with Gasteiger partial charge >= 0.3 is 0 Å². The van der Waals surface area contributed by atoms with Gasteiger partial charge in [-0.2, -0.15) is 0 Å². The molecule has 0 unspecified atom stereocenters. The molecule has 0 aliphatic carbocycles. The maximum absolute atomic E-state index is 11.9. The molecule has 0 radical (unpaired) electrons. The molecule has 1 amide bonds. The van der Waals surface area contributed by atoms with Crippen LogP contribution < -0.4 is 11.1 Å². The normalized spacial score (nSPS) is 12.4. The summed E-state index contributed by atoms with van der Waals surface area (Å²) in [5, 5.41) is 11.4. The highest BCUT2D eigenvalue weighted by atomic mass is 35.5. The lowest BCUT2D eigenvalue weighted by atomic mass is 10.1. The summed E-state index contributed by atoms with van der Waals surface area (Å²) in [7, 11) is 0. The first-order valence-corrected chi connectivity index (χ1v) is 8.09. The number of aromatic nitrogens is 2. The van der Waals surface area contributed by atoms with E-state index in [1.54, 1.807) is 24.3 Å². The van der Waals surface area contributed by atoms with Gasteiger partial charge < -0.3 is 15.5 Å². The molecule has 0 aliphatic heterocycles. The third-order valence-corrected chi connectivity index (χ3v) is 3.91. The maximum atomic E-state index is 11.9. The number of nitrogens with zero attached hydrogens (tertiary/aromatic N) is 2. The first-order chi connectivity index (χ1) is 10.5. The third-order valence-electron chi connectivity index (χ3n) is 2.86. The predicted molar refractivity (Wildman–Crippen MR) is 86.9 cm³/mol. The zero-order valence-corrected chi connectivity index (χ0v) is 13.8. The van der Waals surface area contributed by atoms with Gasteiger partial charge in [-0.3, -0.25) is 4.79 Å². The van der Waals surface area contributed by atoms with E-state index in [0.29, 0.717) is 21.8 Å². The minimum atomic E-state index is -0.304. The molecule has 8 heteroatoms. The Labute approximate surface area is 137 Å². The van der Waals surface area contributed by atoms with Crippen molar-refractivity contribution in [2.75, 3.05) is 11.1 Å². The molecule has 0 spiro atoms. The van der Waals surface area contributed by atoms with Crippen molar-refractivity contribution in [3.8, 4) is 0 Å². The second-order valence-corrected chi connectivity index (χ2v) is 6.39. The summed E-state index contributed by atoms with van der Waals surface area (Å²) in [6.45, 7) is 3.94. The minimum absolute atomic E-state index is 0.158. The molecule has 0 aliphatic rings. The van der Waals surface area contributed by atoms with Gasteiger partial charge in [0.2, 0.25) is 11.8 Å². The highest BCUT2D eigenvalue weighted by molar-refractivity contribution is 7.99. The third kappa shape index (κ3) is 4.72. The Morgan fingerprint density at radius 3 is 2.91 bits per heavy atom. The number of amides is 1. The second kappa shape index (κ2) is 7.62. The van der Waals surface area contributed by atoms with Crippen LogP contribution in [0.15, 0.2) is 33.9 Å². The minimum Gasteiger partial charge on any atom is -0.414 e. The van der Waals surface area contributed by atoms with Crippen LogP contribution in [0, 0.1) is 5.92 Å². The first-order valence-electron chi connectivity index (χ1n) is 6.73. The number of hydrogen-bond donors (Lipinski definition) is 2. The SMILES string of the molecule is CC(C)[C@H](N)c1nnc(SCC(=O)Nc2cccc(Cl)c2)o1. The van der Waals surface area contributed by atoms with Crippen LogP contribution in [0.5, 0.6) is 0 Å². The zero-order chi connectivity index (χ0) is 16.1. The summed E-state index contributed by atoms with van der Waals surface area (Å²) < 4.78 is 5.44. The summed E-state index contributed by atoms with van der Waals surface area (Å²) in [5.41, 5.74) is 6.57. The van der Waals surface area contributed by atoms with E-state index in [1.165, 1.54) is 0 Å². The van der Waals surface area contributed by atoms with Crippen LogP contribution in [0.4, 0.5) is 5.69 Å². The van der Waals surface area contributed by atoms with Crippen LogP contribution in [-0.4, -0.2) is 21.9 Å². The Morgan fingerprint density at radius 2 is 2.23 bits per heavy atom. The number of anilines is 1. The van der Waals surface area contributed by atoms with Gasteiger partial charge in [-0.15, -0.1) is 10.2 Å². The summed E-state index contributed by atoms with van der Waals surface area (Å²) in [6.07, 6.45) is 0. The van der Waals surface area contributed by atoms with Gasteiger partial charge in [0.1, 0.15) is 0 Å². The van der Waals surface area contributed by atoms with Crippen molar-refractivity contribution in [2.24, 2.45) is 11.7 Å². The topological polar surface area (TPSA) is 94.0 Å². The van der Waals surface area contributed by atoms with Gasteiger partial charge in [0.05, 0.1) is 11.8 Å². The van der Waals surface area contributed by atoms with Crippen LogP contribution >= 0.6 is 23.4 Å². The van der Waals surface area contributed by atoms with Crippen LogP contribution in [0.25, 0.3) is 0 Å². The highest BCUT2D eigenvalue weighted by Crippen LogP contribution is 2.22. The molecule has 6 nitrogen and oxygen atoms in total. The molecule has 0 bridgehead atoms. The lowest BCUT2D eigenvalue weighted by molar-refractivity contribution is -0.113. The molecule has 22 heavy (non-hydrogen) atoms. The largest absolute Gasteiger partial charge is 0.414 e. The smallest absolute Gasteiger partial charge is 0.277 e. The van der Waals surface area contributed by atoms with E-state index in [1.807, 2.05) is 13.8 Å². The Hall–Kier alpha value is -1.57. The van der Waals surface area contributed by atoms with Crippen LogP contribution in [-0.2, 0) is 4.79 Å². The predicted octanol–water partition coefficient (Wildman–Crippen LogP) is 3.11. The van der Waals surface area contributed by atoms with Crippen molar-refractivity contribution < 1.29 is 9.21 Å². The Bertz CT molecular complexity index is 647. The van der Waals surface area contributed by atoms with Gasteiger partial charge in [-0.05, 0) is 24.1 Å². The molecule has 118 valence electrons. The number of carbonyl (C=O) groups excluding carboxylic acids is 1. The van der Waals surface area contributed by atoms with E-state index in [9.17, 15) is 4.79 Å². The van der Waals surface area contributed by atoms with E-state index in [2.05, 4.69) is 15.5 Å². The summed E-state index contributed by atoms with van der Waals surface area (Å²) in [6, 6.07) is 6.64. The number of hydrogen-bond acceptors (Lipinski definition) is 6. The lowest BCUT2D eigenvalue weighted by Crippen LogP contribution is -2.16. The molecule has 2 rings (SSSR count). The number of carbonyl (C=O) groups is 1. The highest BCUT2D eigenvalue weighted by Gasteiger charge is 2.18. The van der Waals surface area contributed by atoms with Crippen molar-refractivity contribution in [1.29, 1.82) is 0 Å². The van der Waals surface area contributed by atoms with Crippen LogP contribution in [0.1, 0.15) is 25.8 Å². The van der Waals surface area contributed by atoms with Crippen molar-refractivity contribution in [3.63, 3.8) is 0 Å². The molecule has 1 aromatic heterocycles. The number of halogens is 1. The first kappa shape index (κ1) is 16.8. The van der Waals surface area contributed by atoms with Crippen molar-refractivity contribution >= 4 is 35.0 Å². The fraction of sp³-hybridized carbons (Fsp3) is 0.357. The molecule has 0 fully saturated rings. The maximum Gasteiger partial charge on any atom is 0.277 e. The molecule has 3 N–H and O–H groups in total. The van der Waals surface area contributed by atoms with Gasteiger partial charge in [0.25, 0.3) is 5.22 Å². The van der Waals surface area contributed by atoms with Gasteiger partial charge in [-0.1, -0.05) is 43.3 Å². The number of rotatable bonds is 6. The van der Waals surface area contributed by atoms with Crippen molar-refractivity contribution in [1.82, 2.24) is 10.2 Å². The molecular formula is C14H17ClN4O2S. The molecular weight excluding hydrogens is 324 g/mol. The van der Waals surface area contributed by atoms with E-state index in [0.717, 1.165) is 11.8 Å². The summed E-state index contributed by atoms with van der Waals surface area (Å²) in [5.74, 6) is 0.558. The second-order valence-electron chi connectivity index (χ2n) is 5.02. The molecule has 0 saturated heterocycles. The van der Waals surface area contributed by atoms with E-state index in [4.69, 9.17) is 21.8 Å². The molecule has 1 atom stereocenters. The van der Waals surface area contributed by atoms with Crippen molar-refractivity contribution in [2.45, 2.75) is 25.1 Å². The molecule has 0 saturated carbocycles. The molecule has 1 heterocycles. The quantitative estimate of drug-likeness (QED) is 0.785. The number of thioether (sulfide) groups is 1. The monoisotopic (exact) mass is 340 g/mol. The van der Waals surface area contributed by atoms with Gasteiger partial charge in [0.15, 0.2) is 0 Å². The van der Waals surface area contributed by atoms with Crippen LogP contribution in [0.3, 0.4) is 0 Å². The Morgan fingerprint density at radius 1 is 1.45 bits per heavy atom. The number of nitrogens with one attached hydrogen (secondary N) is 1. The summed E-state index contributed by atoms with van der Waals surface area (Å²) in [4.78, 5) is 11.9. The fourth-order valence-electron chi connectivity index (χ4n) is 1.59. The van der Waals surface area contributed by atoms with E-state index >= 15 is 0 Å².